The van der Waals surface area contributed by atoms with E-state index >= 15 is 0 Å². The van der Waals surface area contributed by atoms with Crippen molar-refractivity contribution in [2.24, 2.45) is 0 Å². The zero-order chi connectivity index (χ0) is 24.7. The van der Waals surface area contributed by atoms with Crippen LogP contribution in [0.2, 0.25) is 0 Å². The van der Waals surface area contributed by atoms with E-state index in [-0.39, 0.29) is 35.0 Å². The maximum Gasteiger partial charge on any atom is 0.335 e. The molecule has 0 spiro atoms. The maximum atomic E-state index is 12.7. The first-order chi connectivity index (χ1) is 16.1. The Morgan fingerprint density at radius 2 is 1.76 bits per heavy atom. The van der Waals surface area contributed by atoms with Crippen molar-refractivity contribution in [3.05, 3.63) is 41.5 Å². The first-order valence-corrected chi connectivity index (χ1v) is 10.1. The lowest BCUT2D eigenvalue weighted by Crippen LogP contribution is -2.61. The highest BCUT2D eigenvalue weighted by Crippen LogP contribution is 2.43. The van der Waals surface area contributed by atoms with Gasteiger partial charge in [-0.2, -0.15) is 0 Å². The largest absolute Gasteiger partial charge is 0.507 e. The molecule has 0 aliphatic carbocycles. The molecule has 0 amide bonds. The molecule has 0 saturated carbocycles. The molecule has 0 aromatic heterocycles. The minimum Gasteiger partial charge on any atom is -0.507 e. The molecule has 0 bridgehead atoms. The number of carbonyl (C=O) groups excluding carboxylic acids is 1. The predicted molar refractivity (Wildman–Crippen MR) is 110 cm³/mol. The van der Waals surface area contributed by atoms with Gasteiger partial charge < -0.3 is 49.6 Å². The van der Waals surface area contributed by atoms with Gasteiger partial charge in [-0.25, -0.2) is 4.79 Å². The molecule has 34 heavy (non-hydrogen) atoms. The fourth-order valence-corrected chi connectivity index (χ4v) is 3.85. The minimum atomic E-state index is -1.90. The third kappa shape index (κ3) is 4.19. The topological polar surface area (TPSA) is 192 Å². The number of aromatic hydroxyl groups is 2. The molecule has 1 fully saturated rings. The summed E-state index contributed by atoms with van der Waals surface area (Å²) < 4.78 is 21.5. The summed E-state index contributed by atoms with van der Waals surface area (Å²) >= 11 is 0. The van der Waals surface area contributed by atoms with Crippen LogP contribution in [0.25, 0.3) is 0 Å². The third-order valence-electron chi connectivity index (χ3n) is 5.61. The van der Waals surface area contributed by atoms with Crippen LogP contribution in [-0.2, 0) is 9.53 Å². The van der Waals surface area contributed by atoms with Crippen molar-refractivity contribution in [1.29, 1.82) is 0 Å². The molecule has 182 valence electrons. The number of benzene rings is 2. The number of carbonyl (C=O) groups is 2. The van der Waals surface area contributed by atoms with Crippen LogP contribution in [0, 0.1) is 0 Å². The van der Waals surface area contributed by atoms with Gasteiger partial charge in [0, 0.05) is 12.1 Å². The van der Waals surface area contributed by atoms with E-state index in [9.17, 15) is 35.1 Å². The van der Waals surface area contributed by atoms with Gasteiger partial charge in [-0.3, -0.25) is 4.79 Å². The highest BCUT2D eigenvalue weighted by atomic mass is 16.7. The second-order valence-electron chi connectivity index (χ2n) is 7.83. The number of hydrogen-bond donors (Lipinski definition) is 6. The number of Topliss-reactive ketones (excluding diaryl/α,β-unsaturated/α-hetero) is 1. The lowest BCUT2D eigenvalue weighted by Gasteiger charge is -2.38. The number of rotatable bonds is 5. The average molecular weight is 478 g/mol. The smallest absolute Gasteiger partial charge is 0.335 e. The summed E-state index contributed by atoms with van der Waals surface area (Å²) in [6, 6.07) is 6.72. The van der Waals surface area contributed by atoms with Crippen LogP contribution in [0.4, 0.5) is 0 Å². The van der Waals surface area contributed by atoms with Crippen LogP contribution in [-0.4, -0.2) is 80.2 Å². The van der Waals surface area contributed by atoms with Gasteiger partial charge in [0.2, 0.25) is 6.29 Å². The zero-order valence-corrected chi connectivity index (χ0v) is 17.7. The Labute approximate surface area is 192 Å². The zero-order valence-electron chi connectivity index (χ0n) is 17.7. The van der Waals surface area contributed by atoms with Crippen molar-refractivity contribution >= 4 is 11.8 Å². The number of ketones is 1. The quantitative estimate of drug-likeness (QED) is 0.340. The second-order valence-corrected chi connectivity index (χ2v) is 7.83. The van der Waals surface area contributed by atoms with E-state index in [4.69, 9.17) is 24.1 Å². The summed E-state index contributed by atoms with van der Waals surface area (Å²) in [5.74, 6) is -2.63. The van der Waals surface area contributed by atoms with Gasteiger partial charge in [0.1, 0.15) is 47.2 Å². The van der Waals surface area contributed by atoms with E-state index in [0.717, 1.165) is 6.07 Å². The van der Waals surface area contributed by atoms with Crippen molar-refractivity contribution in [3.8, 4) is 28.7 Å². The Morgan fingerprint density at radius 3 is 2.44 bits per heavy atom. The fourth-order valence-electron chi connectivity index (χ4n) is 3.85. The van der Waals surface area contributed by atoms with Gasteiger partial charge in [-0.05, 0) is 17.7 Å². The first kappa shape index (κ1) is 23.6. The molecular weight excluding hydrogens is 456 g/mol. The van der Waals surface area contributed by atoms with Gasteiger partial charge in [0.15, 0.2) is 23.4 Å². The molecular formula is C22H22O12. The van der Waals surface area contributed by atoms with Crippen LogP contribution in [0.1, 0.15) is 28.4 Å². The molecule has 2 aromatic rings. The summed E-state index contributed by atoms with van der Waals surface area (Å²) in [7, 11) is 1.37. The number of methoxy groups -OCH3 is 1. The van der Waals surface area contributed by atoms with E-state index in [0.29, 0.717) is 5.56 Å². The molecule has 0 radical (unpaired) electrons. The third-order valence-corrected chi connectivity index (χ3v) is 5.61. The van der Waals surface area contributed by atoms with Crippen molar-refractivity contribution in [3.63, 3.8) is 0 Å². The van der Waals surface area contributed by atoms with Crippen LogP contribution in [0.3, 0.4) is 0 Å². The number of carboxylic acid groups (broad SMARTS) is 1. The normalized spacial score (nSPS) is 28.5. The first-order valence-electron chi connectivity index (χ1n) is 10.1. The number of ether oxygens (including phenoxy) is 4. The van der Waals surface area contributed by atoms with E-state index in [1.807, 2.05) is 0 Å². The Kier molecular flexibility index (Phi) is 6.23. The summed E-state index contributed by atoms with van der Waals surface area (Å²) in [5.41, 5.74) is 0.422. The number of phenolic OH excluding ortho intramolecular Hbond substituents is 2. The van der Waals surface area contributed by atoms with E-state index in [1.54, 1.807) is 6.07 Å². The number of carboxylic acids is 1. The highest BCUT2D eigenvalue weighted by molar-refractivity contribution is 6.02. The highest BCUT2D eigenvalue weighted by Gasteiger charge is 2.48. The van der Waals surface area contributed by atoms with Crippen LogP contribution in [0.15, 0.2) is 30.3 Å². The van der Waals surface area contributed by atoms with Gasteiger partial charge >= 0.3 is 5.97 Å². The number of aliphatic hydroxyl groups is 3. The number of hydrogen-bond acceptors (Lipinski definition) is 11. The van der Waals surface area contributed by atoms with Crippen molar-refractivity contribution in [1.82, 2.24) is 0 Å². The summed E-state index contributed by atoms with van der Waals surface area (Å²) in [5, 5.41) is 59.2. The predicted octanol–water partition coefficient (Wildman–Crippen LogP) is 0.0839. The van der Waals surface area contributed by atoms with E-state index in [2.05, 4.69) is 0 Å². The van der Waals surface area contributed by atoms with Crippen LogP contribution >= 0.6 is 0 Å². The Balaban J connectivity index is 1.61. The minimum absolute atomic E-state index is 0.0519. The van der Waals surface area contributed by atoms with Gasteiger partial charge in [-0.15, -0.1) is 0 Å². The molecule has 12 heteroatoms. The molecule has 2 aromatic carbocycles. The summed E-state index contributed by atoms with van der Waals surface area (Å²) in [6.45, 7) is 0. The molecule has 2 heterocycles. The molecule has 6 atom stereocenters. The Hall–Kier alpha value is -3.58. The standard InChI is InChI=1S/C22H22O12/c1-31-14-4-8(2-3-10(14)23)13-7-12(25)16-11(24)5-9(6-15(16)33-13)32-22-19(28)17(26)18(27)20(34-22)21(29)30/h2-6,13,17-20,22-24,26-28H,7H2,1H3,(H,29,30). The Morgan fingerprint density at radius 1 is 1.03 bits per heavy atom. The van der Waals surface area contributed by atoms with Crippen molar-refractivity contribution in [2.45, 2.75) is 43.2 Å². The lowest BCUT2D eigenvalue weighted by atomic mass is 9.95. The van der Waals surface area contributed by atoms with E-state index < -0.39 is 54.3 Å². The molecule has 12 nitrogen and oxygen atoms in total. The number of aliphatic hydroxyl groups excluding tert-OH is 3. The lowest BCUT2D eigenvalue weighted by molar-refractivity contribution is -0.271. The molecule has 4 rings (SSSR count). The fraction of sp³-hybridized carbons (Fsp3) is 0.364. The number of phenols is 2. The van der Waals surface area contributed by atoms with E-state index in [1.165, 1.54) is 25.3 Å². The SMILES string of the molecule is COc1cc(C2CC(=O)c3c(O)cc(OC4OC(C(=O)O)C(O)C(O)C4O)cc3O2)ccc1O. The molecule has 2 aliphatic rings. The number of fused-ring (bicyclic) bond motifs is 1. The summed E-state index contributed by atoms with van der Waals surface area (Å²) in [6.07, 6.45) is -10.1. The van der Waals surface area contributed by atoms with Crippen molar-refractivity contribution in [2.75, 3.05) is 7.11 Å². The van der Waals surface area contributed by atoms with Crippen molar-refractivity contribution < 1.29 is 59.2 Å². The van der Waals surface area contributed by atoms with Gasteiger partial charge in [0.25, 0.3) is 0 Å². The Bertz CT molecular complexity index is 1120. The van der Waals surface area contributed by atoms with Gasteiger partial charge in [0.05, 0.1) is 13.5 Å². The second kappa shape index (κ2) is 8.99. The van der Waals surface area contributed by atoms with Gasteiger partial charge in [-0.1, -0.05) is 6.07 Å². The number of aliphatic carboxylic acids is 1. The summed E-state index contributed by atoms with van der Waals surface area (Å²) in [4.78, 5) is 24.0. The monoisotopic (exact) mass is 478 g/mol. The molecule has 6 N–H and O–H groups in total. The van der Waals surface area contributed by atoms with Crippen LogP contribution in [0.5, 0.6) is 28.7 Å². The maximum absolute atomic E-state index is 12.7. The van der Waals surface area contributed by atoms with Crippen LogP contribution < -0.4 is 14.2 Å². The molecule has 2 aliphatic heterocycles. The molecule has 6 unspecified atom stereocenters. The molecule has 1 saturated heterocycles. The average Bonchev–Trinajstić information content (AvgIpc) is 2.79.